The van der Waals surface area contributed by atoms with Crippen LogP contribution in [0.5, 0.6) is 0 Å². The molecule has 0 spiro atoms. The van der Waals surface area contributed by atoms with Gasteiger partial charge in [-0.2, -0.15) is 14.5 Å². The van der Waals surface area contributed by atoms with Crippen molar-refractivity contribution in [3.05, 3.63) is 24.3 Å². The van der Waals surface area contributed by atoms with Gasteiger partial charge in [0.1, 0.15) is 18.5 Å². The van der Waals surface area contributed by atoms with Crippen molar-refractivity contribution in [3.63, 3.8) is 0 Å². The molecule has 7 heteroatoms. The van der Waals surface area contributed by atoms with Crippen LogP contribution >= 0.6 is 0 Å². The van der Waals surface area contributed by atoms with Crippen molar-refractivity contribution < 1.29 is 4.79 Å². The van der Waals surface area contributed by atoms with E-state index >= 15 is 0 Å². The van der Waals surface area contributed by atoms with Crippen molar-refractivity contribution in [3.8, 4) is 0 Å². The molecule has 20 heavy (non-hydrogen) atoms. The number of carbonyl (C=O) groups excluding carboxylic acids is 1. The van der Waals surface area contributed by atoms with Crippen molar-refractivity contribution in [2.24, 2.45) is 0 Å². The molecular weight excluding hydrogens is 256 g/mol. The number of carbonyl (C=O) groups is 1. The molecule has 0 saturated carbocycles. The van der Waals surface area contributed by atoms with Crippen molar-refractivity contribution in [1.29, 1.82) is 0 Å². The zero-order valence-electron chi connectivity index (χ0n) is 12.0. The minimum absolute atomic E-state index is 0.330. The molecule has 2 aromatic heterocycles. The van der Waals surface area contributed by atoms with Crippen LogP contribution in [0, 0.1) is 0 Å². The molecular formula is C13H20N6O. The van der Waals surface area contributed by atoms with E-state index in [0.717, 1.165) is 38.5 Å². The van der Waals surface area contributed by atoms with E-state index in [0.29, 0.717) is 11.6 Å². The average Bonchev–Trinajstić information content (AvgIpc) is 3.08. The number of unbranched alkanes of at least 4 members (excludes halogenated alkanes) is 2. The van der Waals surface area contributed by atoms with E-state index in [1.54, 1.807) is 0 Å². The van der Waals surface area contributed by atoms with Crippen LogP contribution in [0.2, 0.25) is 0 Å². The predicted octanol–water partition coefficient (Wildman–Crippen LogP) is 2.07. The fourth-order valence-corrected chi connectivity index (χ4v) is 1.97. The van der Waals surface area contributed by atoms with E-state index in [1.165, 1.54) is 22.0 Å². The van der Waals surface area contributed by atoms with Crippen LogP contribution in [-0.4, -0.2) is 35.6 Å². The topological polar surface area (TPSA) is 78.5 Å². The van der Waals surface area contributed by atoms with Gasteiger partial charge in [-0.15, -0.1) is 5.10 Å². The third-order valence-electron chi connectivity index (χ3n) is 2.99. The standard InChI is InChI=1S/C13H20N6O/c1-3-5-6-8-12-16-11(7-4-2)17-19(12)13(20)18-10-14-9-15-18/h9-10H,3-8H2,1-2H3. The maximum atomic E-state index is 12.3. The highest BCUT2D eigenvalue weighted by Crippen LogP contribution is 2.08. The van der Waals surface area contributed by atoms with Crippen molar-refractivity contribution in [1.82, 2.24) is 29.5 Å². The van der Waals surface area contributed by atoms with Gasteiger partial charge in [-0.3, -0.25) is 0 Å². The lowest BCUT2D eigenvalue weighted by atomic mass is 10.2. The summed E-state index contributed by atoms with van der Waals surface area (Å²) in [6.07, 6.45) is 8.45. The molecule has 0 aliphatic heterocycles. The zero-order chi connectivity index (χ0) is 14.4. The highest BCUT2D eigenvalue weighted by atomic mass is 16.2. The third-order valence-corrected chi connectivity index (χ3v) is 2.99. The van der Waals surface area contributed by atoms with Crippen molar-refractivity contribution >= 4 is 6.03 Å². The Balaban J connectivity index is 2.22. The van der Waals surface area contributed by atoms with E-state index in [4.69, 9.17) is 0 Å². The number of aryl methyl sites for hydroxylation is 2. The summed E-state index contributed by atoms with van der Waals surface area (Å²) in [4.78, 5) is 20.6. The van der Waals surface area contributed by atoms with Crippen LogP contribution < -0.4 is 0 Å². The van der Waals surface area contributed by atoms with Crippen LogP contribution in [0.3, 0.4) is 0 Å². The molecule has 2 heterocycles. The summed E-state index contributed by atoms with van der Waals surface area (Å²) in [6, 6.07) is -0.330. The first-order chi connectivity index (χ1) is 9.76. The second-order valence-corrected chi connectivity index (χ2v) is 4.69. The maximum absolute atomic E-state index is 12.3. The summed E-state index contributed by atoms with van der Waals surface area (Å²) in [7, 11) is 0. The third kappa shape index (κ3) is 3.28. The molecule has 0 amide bonds. The maximum Gasteiger partial charge on any atom is 0.372 e. The molecule has 0 atom stereocenters. The molecule has 2 aromatic rings. The van der Waals surface area contributed by atoms with Gasteiger partial charge >= 0.3 is 6.03 Å². The summed E-state index contributed by atoms with van der Waals surface area (Å²) < 4.78 is 2.53. The Morgan fingerprint density at radius 2 is 2.05 bits per heavy atom. The minimum atomic E-state index is -0.330. The minimum Gasteiger partial charge on any atom is -0.243 e. The Kier molecular flexibility index (Phi) is 4.97. The Bertz CT molecular complexity index is 545. The van der Waals surface area contributed by atoms with Crippen LogP contribution in [-0.2, 0) is 12.8 Å². The van der Waals surface area contributed by atoms with Gasteiger partial charge < -0.3 is 0 Å². The van der Waals surface area contributed by atoms with E-state index in [1.807, 2.05) is 0 Å². The van der Waals surface area contributed by atoms with Gasteiger partial charge in [0.2, 0.25) is 0 Å². The molecule has 0 aliphatic carbocycles. The van der Waals surface area contributed by atoms with Gasteiger partial charge in [-0.25, -0.2) is 14.8 Å². The van der Waals surface area contributed by atoms with Gasteiger partial charge in [-0.1, -0.05) is 26.7 Å². The average molecular weight is 276 g/mol. The van der Waals surface area contributed by atoms with E-state index in [-0.39, 0.29) is 6.03 Å². The Labute approximate surface area is 118 Å². The first kappa shape index (κ1) is 14.4. The largest absolute Gasteiger partial charge is 0.372 e. The lowest BCUT2D eigenvalue weighted by Gasteiger charge is -2.03. The van der Waals surface area contributed by atoms with Gasteiger partial charge in [0.05, 0.1) is 0 Å². The Morgan fingerprint density at radius 1 is 1.20 bits per heavy atom. The predicted molar refractivity (Wildman–Crippen MR) is 73.5 cm³/mol. The van der Waals surface area contributed by atoms with E-state index < -0.39 is 0 Å². The lowest BCUT2D eigenvalue weighted by molar-refractivity contribution is 0.237. The molecule has 0 fully saturated rings. The van der Waals surface area contributed by atoms with E-state index in [2.05, 4.69) is 34.0 Å². The summed E-state index contributed by atoms with van der Waals surface area (Å²) in [5.41, 5.74) is 0. The fraction of sp³-hybridized carbons (Fsp3) is 0.615. The second-order valence-electron chi connectivity index (χ2n) is 4.69. The smallest absolute Gasteiger partial charge is 0.243 e. The van der Waals surface area contributed by atoms with Gasteiger partial charge in [-0.05, 0) is 12.8 Å². The zero-order valence-corrected chi connectivity index (χ0v) is 12.0. The molecule has 0 bridgehead atoms. The molecule has 0 radical (unpaired) electrons. The molecule has 2 rings (SSSR count). The monoisotopic (exact) mass is 276 g/mol. The summed E-state index contributed by atoms with van der Waals surface area (Å²) in [5, 5.41) is 8.15. The molecule has 0 aromatic carbocycles. The fourth-order valence-electron chi connectivity index (χ4n) is 1.97. The first-order valence-corrected chi connectivity index (χ1v) is 7.10. The molecule has 0 unspecified atom stereocenters. The summed E-state index contributed by atoms with van der Waals surface area (Å²) in [5.74, 6) is 1.43. The Morgan fingerprint density at radius 3 is 2.70 bits per heavy atom. The molecule has 0 N–H and O–H groups in total. The molecule has 0 saturated heterocycles. The van der Waals surface area contributed by atoms with Crippen LogP contribution in [0.15, 0.2) is 12.7 Å². The van der Waals surface area contributed by atoms with Crippen LogP contribution in [0.4, 0.5) is 4.79 Å². The highest BCUT2D eigenvalue weighted by molar-refractivity contribution is 5.77. The number of rotatable bonds is 6. The van der Waals surface area contributed by atoms with E-state index in [9.17, 15) is 4.79 Å². The number of nitrogens with zero attached hydrogens (tertiary/aromatic N) is 6. The van der Waals surface area contributed by atoms with Crippen molar-refractivity contribution in [2.45, 2.75) is 52.4 Å². The van der Waals surface area contributed by atoms with Crippen LogP contribution in [0.25, 0.3) is 0 Å². The number of hydrogen-bond acceptors (Lipinski definition) is 5. The van der Waals surface area contributed by atoms with Gasteiger partial charge in [0, 0.05) is 12.8 Å². The summed E-state index contributed by atoms with van der Waals surface area (Å²) >= 11 is 0. The second kappa shape index (κ2) is 6.93. The SMILES string of the molecule is CCCCCc1nc(CCC)nn1C(=O)n1cncn1. The Hall–Kier alpha value is -2.05. The molecule has 0 aliphatic rings. The number of aromatic nitrogens is 6. The molecule has 108 valence electrons. The van der Waals surface area contributed by atoms with Gasteiger partial charge in [0.25, 0.3) is 0 Å². The van der Waals surface area contributed by atoms with Gasteiger partial charge in [0.15, 0.2) is 5.82 Å². The number of hydrogen-bond donors (Lipinski definition) is 0. The van der Waals surface area contributed by atoms with Crippen LogP contribution in [0.1, 0.15) is 51.2 Å². The van der Waals surface area contributed by atoms with Crippen molar-refractivity contribution in [2.75, 3.05) is 0 Å². The first-order valence-electron chi connectivity index (χ1n) is 7.10. The quantitative estimate of drug-likeness (QED) is 0.755. The normalized spacial score (nSPS) is 10.9. The highest BCUT2D eigenvalue weighted by Gasteiger charge is 2.17. The molecule has 7 nitrogen and oxygen atoms in total. The lowest BCUT2D eigenvalue weighted by Crippen LogP contribution is -2.23. The summed E-state index contributed by atoms with van der Waals surface area (Å²) in [6.45, 7) is 4.21.